The van der Waals surface area contributed by atoms with E-state index in [0.29, 0.717) is 5.95 Å². The van der Waals surface area contributed by atoms with E-state index in [9.17, 15) is 0 Å². The zero-order valence-corrected chi connectivity index (χ0v) is 5.65. The topological polar surface area (TPSA) is 67.6 Å². The standard InChI is InChI=1S/C2H4N4.Ge/c3-2-4-1-5-6-2;/h1H,(H3,3,4,5,6);. The smallest absolute Gasteiger partial charge is 0.215 e. The van der Waals surface area contributed by atoms with Gasteiger partial charge in [0.25, 0.3) is 0 Å². The van der Waals surface area contributed by atoms with Crippen LogP contribution in [0.1, 0.15) is 0 Å². The van der Waals surface area contributed by atoms with E-state index < -0.39 is 0 Å². The van der Waals surface area contributed by atoms with Gasteiger partial charge in [-0.2, -0.15) is 5.10 Å². The first-order valence-corrected chi connectivity index (χ1v) is 1.50. The SMILES string of the molecule is Nc1ncn[nH]1.[Ge]. The van der Waals surface area contributed by atoms with Crippen LogP contribution in [0.5, 0.6) is 0 Å². The quantitative estimate of drug-likeness (QED) is 0.474. The molecule has 4 radical (unpaired) electrons. The van der Waals surface area contributed by atoms with E-state index in [4.69, 9.17) is 5.73 Å². The van der Waals surface area contributed by atoms with Crippen molar-refractivity contribution in [3.8, 4) is 0 Å². The molecule has 0 saturated heterocycles. The molecule has 0 aliphatic heterocycles. The Morgan fingerprint density at radius 2 is 2.43 bits per heavy atom. The second-order valence-electron chi connectivity index (χ2n) is 0.871. The van der Waals surface area contributed by atoms with E-state index >= 15 is 0 Å². The zero-order chi connectivity index (χ0) is 4.41. The van der Waals surface area contributed by atoms with Crippen molar-refractivity contribution < 1.29 is 0 Å². The summed E-state index contributed by atoms with van der Waals surface area (Å²) in [5, 5.41) is 5.88. The van der Waals surface area contributed by atoms with Crippen molar-refractivity contribution >= 4 is 23.5 Å². The van der Waals surface area contributed by atoms with Gasteiger partial charge in [-0.1, -0.05) is 0 Å². The maximum absolute atomic E-state index is 5.05. The Balaban J connectivity index is 0.000000360. The van der Waals surface area contributed by atoms with E-state index in [1.807, 2.05) is 0 Å². The third kappa shape index (κ3) is 1.58. The molecule has 0 aliphatic rings. The summed E-state index contributed by atoms with van der Waals surface area (Å²) < 4.78 is 0. The van der Waals surface area contributed by atoms with Crippen LogP contribution in [0.15, 0.2) is 6.33 Å². The minimum Gasteiger partial charge on any atom is -0.368 e. The summed E-state index contributed by atoms with van der Waals surface area (Å²) >= 11 is 0. The number of nitrogens with zero attached hydrogens (tertiary/aromatic N) is 2. The number of H-pyrrole nitrogens is 1. The predicted molar refractivity (Wildman–Crippen MR) is 26.5 cm³/mol. The summed E-state index contributed by atoms with van der Waals surface area (Å²) in [5.41, 5.74) is 5.05. The van der Waals surface area contributed by atoms with Crippen LogP contribution in [0, 0.1) is 0 Å². The molecule has 0 bridgehead atoms. The van der Waals surface area contributed by atoms with Crippen LogP contribution in [0.4, 0.5) is 5.95 Å². The summed E-state index contributed by atoms with van der Waals surface area (Å²) in [4.78, 5) is 3.53. The van der Waals surface area contributed by atoms with Crippen LogP contribution in [-0.4, -0.2) is 32.8 Å². The normalized spacial score (nSPS) is 7.43. The van der Waals surface area contributed by atoms with Crippen LogP contribution in [0.25, 0.3) is 0 Å². The van der Waals surface area contributed by atoms with Gasteiger partial charge >= 0.3 is 0 Å². The number of aromatic amines is 1. The first-order chi connectivity index (χ1) is 2.89. The fourth-order valence-electron chi connectivity index (χ4n) is 0.215. The number of rotatable bonds is 0. The molecule has 7 heavy (non-hydrogen) atoms. The van der Waals surface area contributed by atoms with E-state index in [2.05, 4.69) is 15.2 Å². The fourth-order valence-corrected chi connectivity index (χ4v) is 0.215. The van der Waals surface area contributed by atoms with Crippen molar-refractivity contribution in [3.63, 3.8) is 0 Å². The summed E-state index contributed by atoms with van der Waals surface area (Å²) in [6.45, 7) is 0. The largest absolute Gasteiger partial charge is 0.368 e. The molecule has 1 rings (SSSR count). The molecule has 0 aliphatic carbocycles. The number of hydrogen-bond donors (Lipinski definition) is 2. The third-order valence-electron chi connectivity index (χ3n) is 0.434. The molecule has 1 heterocycles. The van der Waals surface area contributed by atoms with Crippen LogP contribution < -0.4 is 5.73 Å². The molecule has 3 N–H and O–H groups in total. The maximum atomic E-state index is 5.05. The second kappa shape index (κ2) is 2.62. The molecule has 0 atom stereocenters. The van der Waals surface area contributed by atoms with E-state index in [-0.39, 0.29) is 17.6 Å². The molecule has 1 aromatic rings. The van der Waals surface area contributed by atoms with Gasteiger partial charge in [0, 0.05) is 17.6 Å². The van der Waals surface area contributed by atoms with Gasteiger partial charge in [0.1, 0.15) is 6.33 Å². The molecular weight excluding hydrogens is 153 g/mol. The van der Waals surface area contributed by atoms with Gasteiger partial charge in [0.15, 0.2) is 0 Å². The molecule has 0 unspecified atom stereocenters. The third-order valence-corrected chi connectivity index (χ3v) is 0.434. The van der Waals surface area contributed by atoms with Crippen molar-refractivity contribution in [2.45, 2.75) is 0 Å². The van der Waals surface area contributed by atoms with Gasteiger partial charge in [0.05, 0.1) is 0 Å². The molecule has 5 heteroatoms. The summed E-state index contributed by atoms with van der Waals surface area (Å²) in [6, 6.07) is 0. The molecule has 1 aromatic heterocycles. The van der Waals surface area contributed by atoms with Gasteiger partial charge < -0.3 is 5.73 Å². The Bertz CT molecular complexity index is 113. The average molecular weight is 157 g/mol. The number of nitrogens with two attached hydrogens (primary N) is 1. The van der Waals surface area contributed by atoms with E-state index in [1.165, 1.54) is 6.33 Å². The van der Waals surface area contributed by atoms with Gasteiger partial charge in [-0.15, -0.1) is 0 Å². The van der Waals surface area contributed by atoms with Gasteiger partial charge in [-0.25, -0.2) is 10.1 Å². The van der Waals surface area contributed by atoms with Crippen molar-refractivity contribution in [3.05, 3.63) is 6.33 Å². The van der Waals surface area contributed by atoms with Crippen LogP contribution in [0.3, 0.4) is 0 Å². The van der Waals surface area contributed by atoms with E-state index in [0.717, 1.165) is 0 Å². The number of aromatic nitrogens is 3. The van der Waals surface area contributed by atoms with Crippen molar-refractivity contribution in [1.82, 2.24) is 15.2 Å². The summed E-state index contributed by atoms with van der Waals surface area (Å²) in [5.74, 6) is 0.356. The molecule has 0 amide bonds. The number of nitrogens with one attached hydrogen (secondary N) is 1. The molecule has 0 aromatic carbocycles. The maximum Gasteiger partial charge on any atom is 0.215 e. The van der Waals surface area contributed by atoms with Crippen molar-refractivity contribution in [1.29, 1.82) is 0 Å². The monoisotopic (exact) mass is 158 g/mol. The average Bonchev–Trinajstić information content (AvgIpc) is 1.86. The van der Waals surface area contributed by atoms with Gasteiger partial charge in [-0.3, -0.25) is 0 Å². The summed E-state index contributed by atoms with van der Waals surface area (Å²) in [6.07, 6.45) is 1.36. The van der Waals surface area contributed by atoms with Crippen molar-refractivity contribution in [2.75, 3.05) is 5.73 Å². The Morgan fingerprint density at radius 3 is 2.57 bits per heavy atom. The summed E-state index contributed by atoms with van der Waals surface area (Å²) in [7, 11) is 0. The predicted octanol–water partition coefficient (Wildman–Crippen LogP) is -0.994. The molecule has 0 saturated carbocycles. The van der Waals surface area contributed by atoms with Gasteiger partial charge in [-0.05, 0) is 0 Å². The van der Waals surface area contributed by atoms with Crippen molar-refractivity contribution in [2.24, 2.45) is 0 Å². The molecule has 4 nitrogen and oxygen atoms in total. The Morgan fingerprint density at radius 1 is 1.71 bits per heavy atom. The van der Waals surface area contributed by atoms with Crippen LogP contribution in [-0.2, 0) is 0 Å². The number of hydrogen-bond acceptors (Lipinski definition) is 3. The number of nitrogen functional groups attached to an aromatic ring is 1. The second-order valence-corrected chi connectivity index (χ2v) is 0.871. The van der Waals surface area contributed by atoms with Gasteiger partial charge in [0.2, 0.25) is 5.95 Å². The molecular formula is C2H4GeN4. The Hall–Kier alpha value is -0.517. The zero-order valence-electron chi connectivity index (χ0n) is 3.55. The molecule has 0 fully saturated rings. The first kappa shape index (κ1) is 6.48. The van der Waals surface area contributed by atoms with Crippen LogP contribution >= 0.6 is 0 Å². The minimum absolute atomic E-state index is 0. The van der Waals surface area contributed by atoms with Crippen LogP contribution in [0.2, 0.25) is 0 Å². The Labute approximate surface area is 51.5 Å². The van der Waals surface area contributed by atoms with E-state index in [1.54, 1.807) is 0 Å². The number of anilines is 1. The minimum atomic E-state index is 0. The molecule has 0 spiro atoms. The first-order valence-electron chi connectivity index (χ1n) is 1.50. The molecule has 36 valence electrons. The fraction of sp³-hybridized carbons (Fsp3) is 0. The Kier molecular flexibility index (Phi) is 2.43.